The van der Waals surface area contributed by atoms with Gasteiger partial charge >= 0.3 is 0 Å². The van der Waals surface area contributed by atoms with Gasteiger partial charge in [0.05, 0.1) is 12.1 Å². The molecule has 4 nitrogen and oxygen atoms in total. The van der Waals surface area contributed by atoms with E-state index < -0.39 is 0 Å². The molecule has 0 saturated carbocycles. The number of fused-ring (bicyclic) bond motifs is 1. The number of halogens is 1. The minimum atomic E-state index is 0.0183. The largest absolute Gasteiger partial charge is 0.497 e. The first-order valence-electron chi connectivity index (χ1n) is 7.73. The van der Waals surface area contributed by atoms with Crippen LogP contribution < -0.4 is 4.74 Å². The molecule has 124 valence electrons. The van der Waals surface area contributed by atoms with Crippen LogP contribution in [0.3, 0.4) is 0 Å². The number of rotatable bonds is 3. The van der Waals surface area contributed by atoms with Crippen molar-refractivity contribution >= 4 is 38.9 Å². The van der Waals surface area contributed by atoms with E-state index in [2.05, 4.69) is 11.9 Å². The Hall–Kier alpha value is -1.30. The maximum atomic E-state index is 12.9. The molecule has 2 heterocycles. The molecule has 0 radical (unpaired) electrons. The smallest absolute Gasteiger partial charge is 0.265 e. The van der Waals surface area contributed by atoms with Crippen molar-refractivity contribution in [2.45, 2.75) is 18.9 Å². The van der Waals surface area contributed by atoms with E-state index in [0.717, 1.165) is 41.8 Å². The average Bonchev–Trinajstić information content (AvgIpc) is 2.90. The highest BCUT2D eigenvalue weighted by Gasteiger charge is 2.27. The van der Waals surface area contributed by atoms with E-state index in [0.29, 0.717) is 9.90 Å². The van der Waals surface area contributed by atoms with E-state index in [-0.39, 0.29) is 11.9 Å². The number of methoxy groups -OCH3 is 1. The second-order valence-corrected chi connectivity index (χ2v) is 7.49. The van der Waals surface area contributed by atoms with Crippen LogP contribution in [-0.4, -0.2) is 56.0 Å². The third-order valence-electron chi connectivity index (χ3n) is 4.59. The lowest BCUT2D eigenvalue weighted by molar-refractivity contribution is 0.0664. The van der Waals surface area contributed by atoms with Crippen molar-refractivity contribution in [3.63, 3.8) is 0 Å². The number of piperidine rings is 1. The highest BCUT2D eigenvalue weighted by Crippen LogP contribution is 2.38. The minimum Gasteiger partial charge on any atom is -0.497 e. The maximum absolute atomic E-state index is 12.9. The van der Waals surface area contributed by atoms with Crippen molar-refractivity contribution in [1.29, 1.82) is 0 Å². The van der Waals surface area contributed by atoms with E-state index >= 15 is 0 Å². The molecule has 0 aliphatic carbocycles. The predicted molar refractivity (Wildman–Crippen MR) is 96.0 cm³/mol. The first-order chi connectivity index (χ1) is 11.0. The fraction of sp³-hybridized carbons (Fsp3) is 0.471. The Balaban J connectivity index is 1.86. The van der Waals surface area contributed by atoms with Gasteiger partial charge in [0, 0.05) is 23.2 Å². The van der Waals surface area contributed by atoms with E-state index in [9.17, 15) is 4.79 Å². The molecule has 6 heteroatoms. The van der Waals surface area contributed by atoms with Gasteiger partial charge in [-0.15, -0.1) is 11.3 Å². The zero-order valence-corrected chi connectivity index (χ0v) is 15.2. The second kappa shape index (κ2) is 6.67. The monoisotopic (exact) mass is 352 g/mol. The number of benzene rings is 1. The van der Waals surface area contributed by atoms with Gasteiger partial charge < -0.3 is 14.5 Å². The zero-order valence-electron chi connectivity index (χ0n) is 13.6. The van der Waals surface area contributed by atoms with E-state index in [1.165, 1.54) is 11.3 Å². The summed E-state index contributed by atoms with van der Waals surface area (Å²) in [5, 5.41) is 1.47. The van der Waals surface area contributed by atoms with Gasteiger partial charge in [-0.3, -0.25) is 4.79 Å². The molecular weight excluding hydrogens is 332 g/mol. The molecular formula is C17H21ClN2O2S. The Morgan fingerprint density at radius 2 is 2.09 bits per heavy atom. The topological polar surface area (TPSA) is 32.8 Å². The van der Waals surface area contributed by atoms with Crippen LogP contribution in [0.1, 0.15) is 22.5 Å². The summed E-state index contributed by atoms with van der Waals surface area (Å²) in [4.78, 5) is 17.7. The lowest BCUT2D eigenvalue weighted by atomic mass is 10.0. The SMILES string of the molecule is COc1ccc2c(Cl)c(C(=O)N(C)C3CCN(C)CC3)sc2c1. The summed E-state index contributed by atoms with van der Waals surface area (Å²) in [6.07, 6.45) is 2.02. The quantitative estimate of drug-likeness (QED) is 0.843. The van der Waals surface area contributed by atoms with Crippen LogP contribution in [-0.2, 0) is 0 Å². The van der Waals surface area contributed by atoms with Gasteiger partial charge in [-0.25, -0.2) is 0 Å². The Morgan fingerprint density at radius 3 is 2.74 bits per heavy atom. The van der Waals surface area contributed by atoms with Crippen LogP contribution in [0, 0.1) is 0 Å². The molecule has 3 rings (SSSR count). The molecule has 0 atom stereocenters. The van der Waals surface area contributed by atoms with E-state index in [1.807, 2.05) is 30.1 Å². The zero-order chi connectivity index (χ0) is 16.6. The average molecular weight is 353 g/mol. The maximum Gasteiger partial charge on any atom is 0.265 e. The summed E-state index contributed by atoms with van der Waals surface area (Å²) >= 11 is 7.91. The van der Waals surface area contributed by atoms with E-state index in [1.54, 1.807) is 7.11 Å². The molecule has 1 aliphatic rings. The summed E-state index contributed by atoms with van der Waals surface area (Å²) in [6.45, 7) is 2.05. The lowest BCUT2D eigenvalue weighted by Crippen LogP contribution is -2.44. The molecule has 0 N–H and O–H groups in total. The number of nitrogens with zero attached hydrogens (tertiary/aromatic N) is 2. The van der Waals surface area contributed by atoms with E-state index in [4.69, 9.17) is 16.3 Å². The third kappa shape index (κ3) is 3.18. The van der Waals surface area contributed by atoms with Crippen LogP contribution >= 0.6 is 22.9 Å². The Bertz CT molecular complexity index is 723. The normalized spacial score (nSPS) is 16.7. The van der Waals surface area contributed by atoms with Gasteiger partial charge in [0.1, 0.15) is 10.6 Å². The molecule has 0 unspecified atom stereocenters. The third-order valence-corrected chi connectivity index (χ3v) is 6.23. The number of carbonyl (C=O) groups is 1. The molecule has 0 bridgehead atoms. The van der Waals surface area contributed by atoms with Crippen LogP contribution in [0.5, 0.6) is 5.75 Å². The second-order valence-electron chi connectivity index (χ2n) is 6.06. The fourth-order valence-corrected chi connectivity index (χ4v) is 4.54. The van der Waals surface area contributed by atoms with Crippen molar-refractivity contribution in [2.24, 2.45) is 0 Å². The van der Waals surface area contributed by atoms with Gasteiger partial charge in [-0.2, -0.15) is 0 Å². The summed E-state index contributed by atoms with van der Waals surface area (Å²) < 4.78 is 6.23. The Morgan fingerprint density at radius 1 is 1.39 bits per heavy atom. The highest BCUT2D eigenvalue weighted by molar-refractivity contribution is 7.21. The number of likely N-dealkylation sites (tertiary alicyclic amines) is 1. The van der Waals surface area contributed by atoms with Crippen molar-refractivity contribution in [1.82, 2.24) is 9.80 Å². The summed E-state index contributed by atoms with van der Waals surface area (Å²) in [5.41, 5.74) is 0. The van der Waals surface area contributed by atoms with Gasteiger partial charge in [0.2, 0.25) is 0 Å². The lowest BCUT2D eigenvalue weighted by Gasteiger charge is -2.35. The number of thiophene rings is 1. The first-order valence-corrected chi connectivity index (χ1v) is 8.92. The molecule has 1 amide bonds. The number of carbonyl (C=O) groups excluding carboxylic acids is 1. The molecule has 2 aromatic rings. The van der Waals surface area contributed by atoms with Gasteiger partial charge in [0.15, 0.2) is 0 Å². The standard InChI is InChI=1S/C17H21ClN2O2S/c1-19-8-6-11(7-9-19)20(2)17(21)16-15(18)13-5-4-12(22-3)10-14(13)23-16/h4-5,10-11H,6-9H2,1-3H3. The minimum absolute atomic E-state index is 0.0183. The van der Waals surface area contributed by atoms with Crippen molar-refractivity contribution in [3.05, 3.63) is 28.1 Å². The molecule has 0 spiro atoms. The van der Waals surface area contributed by atoms with Gasteiger partial charge in [-0.1, -0.05) is 11.6 Å². The summed E-state index contributed by atoms with van der Waals surface area (Å²) in [7, 11) is 5.64. The number of hydrogen-bond donors (Lipinski definition) is 0. The molecule has 1 aromatic heterocycles. The number of ether oxygens (including phenoxy) is 1. The van der Waals surface area contributed by atoms with Crippen molar-refractivity contribution in [2.75, 3.05) is 34.3 Å². The molecule has 23 heavy (non-hydrogen) atoms. The Labute approximate surface area is 145 Å². The first kappa shape index (κ1) is 16.6. The molecule has 1 fully saturated rings. The van der Waals surface area contributed by atoms with Crippen molar-refractivity contribution in [3.8, 4) is 5.75 Å². The van der Waals surface area contributed by atoms with Crippen molar-refractivity contribution < 1.29 is 9.53 Å². The predicted octanol–water partition coefficient (Wildman–Crippen LogP) is 3.73. The van der Waals surface area contributed by atoms with Gasteiger partial charge in [0.25, 0.3) is 5.91 Å². The van der Waals surface area contributed by atoms with Crippen LogP contribution in [0.15, 0.2) is 18.2 Å². The summed E-state index contributed by atoms with van der Waals surface area (Å²) in [6, 6.07) is 6.00. The molecule has 1 saturated heterocycles. The highest BCUT2D eigenvalue weighted by atomic mass is 35.5. The summed E-state index contributed by atoms with van der Waals surface area (Å²) in [5.74, 6) is 0.794. The van der Waals surface area contributed by atoms with Crippen LogP contribution in [0.25, 0.3) is 10.1 Å². The molecule has 1 aromatic carbocycles. The fourth-order valence-electron chi connectivity index (χ4n) is 3.02. The van der Waals surface area contributed by atoms with Crippen LogP contribution in [0.2, 0.25) is 5.02 Å². The molecule has 1 aliphatic heterocycles. The van der Waals surface area contributed by atoms with Crippen LogP contribution in [0.4, 0.5) is 0 Å². The van der Waals surface area contributed by atoms with Gasteiger partial charge in [-0.05, 0) is 51.2 Å². The number of hydrogen-bond acceptors (Lipinski definition) is 4. The Kier molecular flexibility index (Phi) is 4.80. The number of amides is 1.